The summed E-state index contributed by atoms with van der Waals surface area (Å²) in [5.41, 5.74) is 3.47. The van der Waals surface area contributed by atoms with Gasteiger partial charge in [0.05, 0.1) is 0 Å². The van der Waals surface area contributed by atoms with Gasteiger partial charge in [-0.25, -0.2) is 0 Å². The molecule has 3 heteroatoms. The van der Waals surface area contributed by atoms with Gasteiger partial charge in [-0.3, -0.25) is 4.79 Å². The summed E-state index contributed by atoms with van der Waals surface area (Å²) in [6.45, 7) is 1.44. The summed E-state index contributed by atoms with van der Waals surface area (Å²) in [5, 5.41) is 0.676. The van der Waals surface area contributed by atoms with E-state index in [1.54, 1.807) is 0 Å². The van der Waals surface area contributed by atoms with E-state index in [4.69, 9.17) is 16.3 Å². The summed E-state index contributed by atoms with van der Waals surface area (Å²) >= 11 is 6.08. The first-order valence-electron chi connectivity index (χ1n) is 6.66. The van der Waals surface area contributed by atoms with E-state index < -0.39 is 0 Å². The summed E-state index contributed by atoms with van der Waals surface area (Å²) in [4.78, 5) is 11.3. The normalized spacial score (nSPS) is 20.5. The molecule has 1 aliphatic rings. The monoisotopic (exact) mass is 286 g/mol. The molecular weight excluding hydrogens is 272 g/mol. The second-order valence-electron chi connectivity index (χ2n) is 5.07. The average molecular weight is 287 g/mol. The van der Waals surface area contributed by atoms with Gasteiger partial charge in [0.15, 0.2) is 0 Å². The molecule has 0 unspecified atom stereocenters. The van der Waals surface area contributed by atoms with Crippen molar-refractivity contribution in [1.82, 2.24) is 0 Å². The molecule has 0 heterocycles. The topological polar surface area (TPSA) is 26.3 Å². The van der Waals surface area contributed by atoms with Gasteiger partial charge in [-0.2, -0.15) is 0 Å². The number of hydrogen-bond donors (Lipinski definition) is 0. The summed E-state index contributed by atoms with van der Waals surface area (Å²) in [6.07, 6.45) is 0.575. The average Bonchev–Trinajstić information content (AvgIpc) is 2.77. The largest absolute Gasteiger partial charge is 0.458 e. The highest BCUT2D eigenvalue weighted by molar-refractivity contribution is 6.30. The lowest BCUT2D eigenvalue weighted by Gasteiger charge is -2.12. The van der Waals surface area contributed by atoms with E-state index in [0.717, 1.165) is 12.0 Å². The SMILES string of the molecule is CC(=O)O[C@H]1C[C@H](c2ccccc2)c2ccc(Cl)cc21. The number of carbonyl (C=O) groups excluding carboxylic acids is 1. The number of hydrogen-bond acceptors (Lipinski definition) is 2. The molecule has 3 rings (SSSR count). The van der Waals surface area contributed by atoms with E-state index in [0.29, 0.717) is 5.02 Å². The van der Waals surface area contributed by atoms with E-state index >= 15 is 0 Å². The second kappa shape index (κ2) is 5.29. The third kappa shape index (κ3) is 2.44. The first kappa shape index (κ1) is 13.2. The first-order valence-corrected chi connectivity index (χ1v) is 7.04. The minimum atomic E-state index is -0.255. The van der Waals surface area contributed by atoms with Gasteiger partial charge in [0.25, 0.3) is 0 Å². The Bertz CT molecular complexity index is 637. The molecule has 0 aromatic heterocycles. The molecule has 0 amide bonds. The molecule has 0 bridgehead atoms. The summed E-state index contributed by atoms with van der Waals surface area (Å²) in [6, 6.07) is 16.1. The highest BCUT2D eigenvalue weighted by Crippen LogP contribution is 2.46. The summed E-state index contributed by atoms with van der Waals surface area (Å²) in [7, 11) is 0. The van der Waals surface area contributed by atoms with E-state index in [9.17, 15) is 4.79 Å². The van der Waals surface area contributed by atoms with Gasteiger partial charge < -0.3 is 4.74 Å². The van der Waals surface area contributed by atoms with Crippen LogP contribution < -0.4 is 0 Å². The Morgan fingerprint density at radius 3 is 2.60 bits per heavy atom. The standard InChI is InChI=1S/C17H15ClO2/c1-11(19)20-17-10-15(12-5-3-2-4-6-12)14-8-7-13(18)9-16(14)17/h2-9,15,17H,10H2,1H3/t15-,17+/m1/s1. The number of ether oxygens (including phenoxy) is 1. The van der Waals surface area contributed by atoms with Gasteiger partial charge in [0, 0.05) is 17.9 Å². The van der Waals surface area contributed by atoms with Crippen LogP contribution in [0.25, 0.3) is 0 Å². The number of rotatable bonds is 2. The number of fused-ring (bicyclic) bond motifs is 1. The zero-order chi connectivity index (χ0) is 14.1. The lowest BCUT2D eigenvalue weighted by Crippen LogP contribution is -2.05. The highest BCUT2D eigenvalue weighted by Gasteiger charge is 2.33. The van der Waals surface area contributed by atoms with Crippen LogP contribution in [0.4, 0.5) is 0 Å². The lowest BCUT2D eigenvalue weighted by atomic mass is 9.93. The van der Waals surface area contributed by atoms with Gasteiger partial charge in [0.2, 0.25) is 0 Å². The molecule has 0 radical (unpaired) electrons. The van der Waals surface area contributed by atoms with Crippen molar-refractivity contribution in [1.29, 1.82) is 0 Å². The van der Waals surface area contributed by atoms with Crippen LogP contribution >= 0.6 is 11.6 Å². The molecule has 2 atom stereocenters. The third-order valence-corrected chi connectivity index (χ3v) is 3.97. The Kier molecular flexibility index (Phi) is 3.49. The minimum absolute atomic E-state index is 0.202. The van der Waals surface area contributed by atoms with Crippen molar-refractivity contribution in [2.75, 3.05) is 0 Å². The second-order valence-corrected chi connectivity index (χ2v) is 5.51. The quantitative estimate of drug-likeness (QED) is 0.761. The number of carbonyl (C=O) groups is 1. The molecule has 1 aliphatic carbocycles. The number of benzene rings is 2. The summed E-state index contributed by atoms with van der Waals surface area (Å²) < 4.78 is 5.45. The Morgan fingerprint density at radius 2 is 1.90 bits per heavy atom. The van der Waals surface area contributed by atoms with Gasteiger partial charge in [0.1, 0.15) is 6.10 Å². The van der Waals surface area contributed by atoms with Crippen molar-refractivity contribution in [2.24, 2.45) is 0 Å². The van der Waals surface area contributed by atoms with Crippen LogP contribution in [0.1, 0.15) is 42.1 Å². The fourth-order valence-corrected chi connectivity index (χ4v) is 3.10. The first-order chi connectivity index (χ1) is 9.65. The molecule has 0 aliphatic heterocycles. The Morgan fingerprint density at radius 1 is 1.15 bits per heavy atom. The smallest absolute Gasteiger partial charge is 0.303 e. The summed E-state index contributed by atoms with van der Waals surface area (Å²) in [5.74, 6) is 0.00227. The van der Waals surface area contributed by atoms with Gasteiger partial charge in [-0.05, 0) is 35.2 Å². The van der Waals surface area contributed by atoms with Gasteiger partial charge in [-0.1, -0.05) is 48.0 Å². The van der Waals surface area contributed by atoms with Crippen LogP contribution in [0.5, 0.6) is 0 Å². The van der Waals surface area contributed by atoms with Crippen molar-refractivity contribution in [2.45, 2.75) is 25.4 Å². The zero-order valence-electron chi connectivity index (χ0n) is 11.2. The fraction of sp³-hybridized carbons (Fsp3) is 0.235. The molecule has 20 heavy (non-hydrogen) atoms. The van der Waals surface area contributed by atoms with E-state index in [1.165, 1.54) is 18.1 Å². The van der Waals surface area contributed by atoms with Gasteiger partial charge in [-0.15, -0.1) is 0 Å². The van der Waals surface area contributed by atoms with Crippen molar-refractivity contribution < 1.29 is 9.53 Å². The molecule has 0 saturated heterocycles. The van der Waals surface area contributed by atoms with Gasteiger partial charge >= 0.3 is 5.97 Å². The predicted octanol–water partition coefficient (Wildman–Crippen LogP) is 4.48. The van der Waals surface area contributed by atoms with Crippen LogP contribution in [-0.4, -0.2) is 5.97 Å². The third-order valence-electron chi connectivity index (χ3n) is 3.73. The highest BCUT2D eigenvalue weighted by atomic mass is 35.5. The molecule has 0 fully saturated rings. The maximum Gasteiger partial charge on any atom is 0.303 e. The zero-order valence-corrected chi connectivity index (χ0v) is 11.9. The van der Waals surface area contributed by atoms with E-state index in [-0.39, 0.29) is 18.0 Å². The van der Waals surface area contributed by atoms with Crippen LogP contribution in [-0.2, 0) is 9.53 Å². The molecule has 2 aromatic rings. The predicted molar refractivity (Wildman–Crippen MR) is 78.9 cm³/mol. The molecular formula is C17H15ClO2. The van der Waals surface area contributed by atoms with E-state index in [1.807, 2.05) is 36.4 Å². The number of halogens is 1. The fourth-order valence-electron chi connectivity index (χ4n) is 2.92. The molecule has 102 valence electrons. The van der Waals surface area contributed by atoms with Crippen molar-refractivity contribution >= 4 is 17.6 Å². The molecule has 0 N–H and O–H groups in total. The molecule has 0 spiro atoms. The molecule has 0 saturated carbocycles. The molecule has 2 aromatic carbocycles. The van der Waals surface area contributed by atoms with Crippen molar-refractivity contribution in [3.8, 4) is 0 Å². The van der Waals surface area contributed by atoms with Crippen molar-refractivity contribution in [3.63, 3.8) is 0 Å². The maximum absolute atomic E-state index is 11.3. The lowest BCUT2D eigenvalue weighted by molar-refractivity contribution is -0.146. The number of esters is 1. The Labute approximate surface area is 123 Å². The Balaban J connectivity index is 2.02. The van der Waals surface area contributed by atoms with Crippen LogP contribution in [0.15, 0.2) is 48.5 Å². The van der Waals surface area contributed by atoms with Crippen LogP contribution in [0.2, 0.25) is 5.02 Å². The maximum atomic E-state index is 11.3. The van der Waals surface area contributed by atoms with E-state index in [2.05, 4.69) is 12.1 Å². The molecule has 2 nitrogen and oxygen atoms in total. The van der Waals surface area contributed by atoms with Crippen LogP contribution in [0.3, 0.4) is 0 Å². The van der Waals surface area contributed by atoms with Crippen molar-refractivity contribution in [3.05, 3.63) is 70.2 Å². The Hall–Kier alpha value is -1.80. The van der Waals surface area contributed by atoms with Crippen LogP contribution in [0, 0.1) is 0 Å². The minimum Gasteiger partial charge on any atom is -0.458 e.